The third kappa shape index (κ3) is 3.86. The van der Waals surface area contributed by atoms with Crippen molar-refractivity contribution in [1.82, 2.24) is 15.3 Å². The Hall–Kier alpha value is -2.53. The third-order valence-corrected chi connectivity index (χ3v) is 4.87. The van der Waals surface area contributed by atoms with Gasteiger partial charge >= 0.3 is 0 Å². The molecule has 4 nitrogen and oxygen atoms in total. The van der Waals surface area contributed by atoms with Crippen LogP contribution >= 0.6 is 11.3 Å². The lowest BCUT2D eigenvalue weighted by Gasteiger charge is -2.12. The molecule has 0 saturated carbocycles. The normalized spacial score (nSPS) is 11.9. The highest BCUT2D eigenvalue weighted by atomic mass is 32.1. The van der Waals surface area contributed by atoms with E-state index in [9.17, 15) is 4.79 Å². The Bertz CT molecular complexity index is 829. The van der Waals surface area contributed by atoms with Crippen LogP contribution in [0.5, 0.6) is 0 Å². The third-order valence-electron chi connectivity index (χ3n) is 3.84. The Kier molecular flexibility index (Phi) is 5.01. The Morgan fingerprint density at radius 2 is 2.08 bits per heavy atom. The number of hydrogen-bond donors (Lipinski definition) is 1. The van der Waals surface area contributed by atoms with Crippen LogP contribution in [0.4, 0.5) is 0 Å². The maximum absolute atomic E-state index is 12.3. The van der Waals surface area contributed by atoms with E-state index < -0.39 is 0 Å². The van der Waals surface area contributed by atoms with Gasteiger partial charge in [-0.05, 0) is 37.1 Å². The van der Waals surface area contributed by atoms with E-state index in [1.165, 1.54) is 0 Å². The summed E-state index contributed by atoms with van der Waals surface area (Å²) in [4.78, 5) is 21.0. The van der Waals surface area contributed by atoms with Gasteiger partial charge in [-0.1, -0.05) is 24.3 Å². The van der Waals surface area contributed by atoms with Crippen molar-refractivity contribution in [3.63, 3.8) is 0 Å². The van der Waals surface area contributed by atoms with Crippen molar-refractivity contribution in [2.45, 2.75) is 26.3 Å². The quantitative estimate of drug-likeness (QED) is 0.767. The fourth-order valence-electron chi connectivity index (χ4n) is 2.47. The molecule has 1 aromatic carbocycles. The average molecular weight is 337 g/mol. The molecular formula is C19H19N3OS. The number of thiazole rings is 1. The number of aromatic nitrogens is 2. The summed E-state index contributed by atoms with van der Waals surface area (Å²) >= 11 is 1.55. The van der Waals surface area contributed by atoms with Crippen molar-refractivity contribution in [1.29, 1.82) is 0 Å². The Morgan fingerprint density at radius 1 is 1.25 bits per heavy atom. The molecule has 122 valence electrons. The van der Waals surface area contributed by atoms with Crippen LogP contribution < -0.4 is 5.32 Å². The molecule has 0 fully saturated rings. The van der Waals surface area contributed by atoms with E-state index >= 15 is 0 Å². The molecule has 0 aliphatic carbocycles. The van der Waals surface area contributed by atoms with Gasteiger partial charge in [0.05, 0.1) is 18.2 Å². The highest BCUT2D eigenvalue weighted by Crippen LogP contribution is 2.24. The summed E-state index contributed by atoms with van der Waals surface area (Å²) in [6.45, 7) is 3.98. The van der Waals surface area contributed by atoms with Crippen molar-refractivity contribution < 1.29 is 4.79 Å². The van der Waals surface area contributed by atoms with Crippen LogP contribution in [0.15, 0.2) is 54.2 Å². The van der Waals surface area contributed by atoms with E-state index in [-0.39, 0.29) is 11.9 Å². The highest BCUT2D eigenvalue weighted by Gasteiger charge is 2.15. The Morgan fingerprint density at radius 3 is 2.83 bits per heavy atom. The molecule has 2 aromatic heterocycles. The van der Waals surface area contributed by atoms with Crippen molar-refractivity contribution in [3.8, 4) is 11.3 Å². The molecule has 0 spiro atoms. The fraction of sp³-hybridized carbons (Fsp3) is 0.211. The molecule has 2 heterocycles. The Balaban J connectivity index is 1.65. The van der Waals surface area contributed by atoms with Crippen LogP contribution in [-0.4, -0.2) is 15.9 Å². The molecule has 0 saturated heterocycles. The molecule has 1 atom stereocenters. The SMILES string of the molecule is Cc1ccccc1CC(=O)N[C@@H](C)c1nc(-c2cccnc2)cs1. The van der Waals surface area contributed by atoms with Gasteiger partial charge in [0.1, 0.15) is 5.01 Å². The number of rotatable bonds is 5. The zero-order valence-corrected chi connectivity index (χ0v) is 14.5. The van der Waals surface area contributed by atoms with Gasteiger partial charge in [-0.25, -0.2) is 4.98 Å². The Labute approximate surface area is 145 Å². The summed E-state index contributed by atoms with van der Waals surface area (Å²) in [6.07, 6.45) is 3.92. The second-order valence-electron chi connectivity index (χ2n) is 5.71. The van der Waals surface area contributed by atoms with Gasteiger partial charge in [-0.15, -0.1) is 11.3 Å². The van der Waals surface area contributed by atoms with Gasteiger partial charge in [0.15, 0.2) is 0 Å². The molecule has 1 N–H and O–H groups in total. The molecule has 0 aliphatic heterocycles. The van der Waals surface area contributed by atoms with Crippen LogP contribution in [0.2, 0.25) is 0 Å². The van der Waals surface area contributed by atoms with Crippen LogP contribution in [0.25, 0.3) is 11.3 Å². The number of aryl methyl sites for hydroxylation is 1. The van der Waals surface area contributed by atoms with Gasteiger partial charge in [0, 0.05) is 23.3 Å². The predicted octanol–water partition coefficient (Wildman–Crippen LogP) is 3.93. The van der Waals surface area contributed by atoms with E-state index in [4.69, 9.17) is 0 Å². The standard InChI is InChI=1S/C19H19N3OS/c1-13-6-3-4-7-15(13)10-18(23)21-14(2)19-22-17(12-24-19)16-8-5-9-20-11-16/h3-9,11-12,14H,10H2,1-2H3,(H,21,23)/t14-/m0/s1. The zero-order chi connectivity index (χ0) is 16.9. The summed E-state index contributed by atoms with van der Waals surface area (Å²) in [5, 5.41) is 5.92. The van der Waals surface area contributed by atoms with Gasteiger partial charge < -0.3 is 5.32 Å². The van der Waals surface area contributed by atoms with E-state index in [0.29, 0.717) is 6.42 Å². The van der Waals surface area contributed by atoms with Gasteiger partial charge in [-0.2, -0.15) is 0 Å². The van der Waals surface area contributed by atoms with E-state index in [1.54, 1.807) is 23.7 Å². The monoisotopic (exact) mass is 337 g/mol. The molecule has 5 heteroatoms. The van der Waals surface area contributed by atoms with Crippen molar-refractivity contribution >= 4 is 17.2 Å². The van der Waals surface area contributed by atoms with Crippen molar-refractivity contribution in [2.24, 2.45) is 0 Å². The van der Waals surface area contributed by atoms with Crippen LogP contribution in [0, 0.1) is 6.92 Å². The van der Waals surface area contributed by atoms with Crippen LogP contribution in [0.3, 0.4) is 0 Å². The number of benzene rings is 1. The fourth-order valence-corrected chi connectivity index (χ4v) is 3.30. The summed E-state index contributed by atoms with van der Waals surface area (Å²) < 4.78 is 0. The molecule has 0 radical (unpaired) electrons. The predicted molar refractivity (Wildman–Crippen MR) is 96.8 cm³/mol. The van der Waals surface area contributed by atoms with Crippen molar-refractivity contribution in [2.75, 3.05) is 0 Å². The molecule has 0 unspecified atom stereocenters. The number of nitrogens with zero attached hydrogens (tertiary/aromatic N) is 2. The van der Waals surface area contributed by atoms with E-state index in [0.717, 1.165) is 27.4 Å². The topological polar surface area (TPSA) is 54.9 Å². The maximum Gasteiger partial charge on any atom is 0.224 e. The smallest absolute Gasteiger partial charge is 0.224 e. The molecular weight excluding hydrogens is 318 g/mol. The first-order chi connectivity index (χ1) is 11.6. The summed E-state index contributed by atoms with van der Waals surface area (Å²) in [5.41, 5.74) is 4.06. The van der Waals surface area contributed by atoms with Gasteiger partial charge in [-0.3, -0.25) is 9.78 Å². The minimum Gasteiger partial charge on any atom is -0.347 e. The summed E-state index contributed by atoms with van der Waals surface area (Å²) in [6, 6.07) is 11.7. The van der Waals surface area contributed by atoms with Crippen molar-refractivity contribution in [3.05, 3.63) is 70.3 Å². The molecule has 0 aliphatic rings. The minimum atomic E-state index is -0.114. The summed E-state index contributed by atoms with van der Waals surface area (Å²) in [7, 11) is 0. The number of hydrogen-bond acceptors (Lipinski definition) is 4. The highest BCUT2D eigenvalue weighted by molar-refractivity contribution is 7.10. The van der Waals surface area contributed by atoms with E-state index in [2.05, 4.69) is 15.3 Å². The molecule has 3 aromatic rings. The molecule has 1 amide bonds. The molecule has 0 bridgehead atoms. The second-order valence-corrected chi connectivity index (χ2v) is 6.59. The first-order valence-corrected chi connectivity index (χ1v) is 8.71. The maximum atomic E-state index is 12.3. The number of nitrogens with one attached hydrogen (secondary N) is 1. The zero-order valence-electron chi connectivity index (χ0n) is 13.7. The number of carbonyl (C=O) groups excluding carboxylic acids is 1. The lowest BCUT2D eigenvalue weighted by atomic mass is 10.1. The lowest BCUT2D eigenvalue weighted by Crippen LogP contribution is -2.28. The minimum absolute atomic E-state index is 0.00919. The number of amides is 1. The first kappa shape index (κ1) is 16.3. The molecule has 24 heavy (non-hydrogen) atoms. The van der Waals surface area contributed by atoms with Crippen LogP contribution in [0.1, 0.15) is 29.1 Å². The largest absolute Gasteiger partial charge is 0.347 e. The van der Waals surface area contributed by atoms with Gasteiger partial charge in [0.25, 0.3) is 0 Å². The lowest BCUT2D eigenvalue weighted by molar-refractivity contribution is -0.121. The first-order valence-electron chi connectivity index (χ1n) is 7.83. The van der Waals surface area contributed by atoms with Gasteiger partial charge in [0.2, 0.25) is 5.91 Å². The van der Waals surface area contributed by atoms with E-state index in [1.807, 2.05) is 55.6 Å². The summed E-state index contributed by atoms with van der Waals surface area (Å²) in [5.74, 6) is 0.00919. The number of carbonyl (C=O) groups is 1. The molecule has 3 rings (SSSR count). The second kappa shape index (κ2) is 7.36. The van der Waals surface area contributed by atoms with Crippen LogP contribution in [-0.2, 0) is 11.2 Å². The average Bonchev–Trinajstić information content (AvgIpc) is 3.08. The number of pyridine rings is 1.